The van der Waals surface area contributed by atoms with Crippen molar-refractivity contribution in [2.24, 2.45) is 11.8 Å². The van der Waals surface area contributed by atoms with Gasteiger partial charge in [0.25, 0.3) is 5.91 Å². The SMILES string of the molecule is O=C(Nc1cccnc1)[C@H]1C[C@@H]2CCN(C(=O)C3CC(O)C3)C[C@@H]2O1. The van der Waals surface area contributed by atoms with Crippen LogP contribution in [0.1, 0.15) is 25.7 Å². The first-order valence-corrected chi connectivity index (χ1v) is 8.93. The number of amides is 2. The summed E-state index contributed by atoms with van der Waals surface area (Å²) in [5.74, 6) is 0.247. The van der Waals surface area contributed by atoms with Gasteiger partial charge < -0.3 is 20.1 Å². The average Bonchev–Trinajstić information content (AvgIpc) is 3.02. The number of hydrogen-bond donors (Lipinski definition) is 2. The second-order valence-corrected chi connectivity index (χ2v) is 7.28. The number of carbonyl (C=O) groups excluding carboxylic acids is 2. The maximum absolute atomic E-state index is 12.4. The molecule has 0 aromatic carbocycles. The topological polar surface area (TPSA) is 91.8 Å². The van der Waals surface area contributed by atoms with Crippen LogP contribution in [0.5, 0.6) is 0 Å². The summed E-state index contributed by atoms with van der Waals surface area (Å²) in [5.41, 5.74) is 0.659. The first-order valence-electron chi connectivity index (χ1n) is 8.93. The van der Waals surface area contributed by atoms with E-state index >= 15 is 0 Å². The number of fused-ring (bicyclic) bond motifs is 1. The first-order chi connectivity index (χ1) is 12.1. The van der Waals surface area contributed by atoms with Gasteiger partial charge in [0.1, 0.15) is 6.10 Å². The van der Waals surface area contributed by atoms with Crippen molar-refractivity contribution < 1.29 is 19.4 Å². The van der Waals surface area contributed by atoms with Gasteiger partial charge in [0.05, 0.1) is 24.1 Å². The lowest BCUT2D eigenvalue weighted by molar-refractivity contribution is -0.147. The average molecular weight is 345 g/mol. The number of nitrogens with zero attached hydrogens (tertiary/aromatic N) is 2. The monoisotopic (exact) mass is 345 g/mol. The quantitative estimate of drug-likeness (QED) is 0.845. The molecule has 0 radical (unpaired) electrons. The fourth-order valence-electron chi connectivity index (χ4n) is 4.01. The van der Waals surface area contributed by atoms with Crippen molar-refractivity contribution in [2.75, 3.05) is 18.4 Å². The number of aliphatic hydroxyl groups excluding tert-OH is 1. The van der Waals surface area contributed by atoms with Crippen molar-refractivity contribution in [1.29, 1.82) is 0 Å². The normalized spacial score (nSPS) is 34.1. The number of aliphatic hydroxyl groups is 1. The van der Waals surface area contributed by atoms with E-state index in [2.05, 4.69) is 10.3 Å². The summed E-state index contributed by atoms with van der Waals surface area (Å²) < 4.78 is 5.96. The van der Waals surface area contributed by atoms with Crippen LogP contribution in [0, 0.1) is 11.8 Å². The Balaban J connectivity index is 1.32. The number of carbonyl (C=O) groups is 2. The van der Waals surface area contributed by atoms with Crippen molar-refractivity contribution in [2.45, 2.75) is 44.0 Å². The summed E-state index contributed by atoms with van der Waals surface area (Å²) in [7, 11) is 0. The van der Waals surface area contributed by atoms with Gasteiger partial charge in [0.15, 0.2) is 0 Å². The maximum Gasteiger partial charge on any atom is 0.253 e. The number of aromatic nitrogens is 1. The highest BCUT2D eigenvalue weighted by molar-refractivity contribution is 5.94. The zero-order valence-corrected chi connectivity index (χ0v) is 14.0. The third-order valence-electron chi connectivity index (χ3n) is 5.55. The van der Waals surface area contributed by atoms with E-state index in [4.69, 9.17) is 4.74 Å². The van der Waals surface area contributed by atoms with Gasteiger partial charge in [-0.1, -0.05) is 0 Å². The molecule has 1 aromatic rings. The molecule has 0 spiro atoms. The number of hydrogen-bond acceptors (Lipinski definition) is 5. The summed E-state index contributed by atoms with van der Waals surface area (Å²) >= 11 is 0. The number of piperidine rings is 1. The van der Waals surface area contributed by atoms with Crippen LogP contribution in [0.2, 0.25) is 0 Å². The van der Waals surface area contributed by atoms with Crippen LogP contribution in [0.25, 0.3) is 0 Å². The number of rotatable bonds is 3. The molecule has 134 valence electrons. The third kappa shape index (κ3) is 3.39. The molecule has 7 nitrogen and oxygen atoms in total. The minimum atomic E-state index is -0.476. The van der Waals surface area contributed by atoms with Crippen LogP contribution >= 0.6 is 0 Å². The van der Waals surface area contributed by atoms with E-state index in [1.165, 1.54) is 0 Å². The molecular weight excluding hydrogens is 322 g/mol. The van der Waals surface area contributed by atoms with Crippen LogP contribution in [0.3, 0.4) is 0 Å². The molecule has 3 fully saturated rings. The summed E-state index contributed by atoms with van der Waals surface area (Å²) in [4.78, 5) is 30.7. The molecule has 3 heterocycles. The van der Waals surface area contributed by atoms with Crippen molar-refractivity contribution in [3.05, 3.63) is 24.5 Å². The molecule has 4 rings (SSSR count). The predicted molar refractivity (Wildman–Crippen MR) is 89.6 cm³/mol. The van der Waals surface area contributed by atoms with Crippen LogP contribution in [0.15, 0.2) is 24.5 Å². The smallest absolute Gasteiger partial charge is 0.253 e. The summed E-state index contributed by atoms with van der Waals surface area (Å²) in [6, 6.07) is 3.56. The van der Waals surface area contributed by atoms with Crippen LogP contribution in [0.4, 0.5) is 5.69 Å². The van der Waals surface area contributed by atoms with E-state index < -0.39 is 6.10 Å². The zero-order valence-electron chi connectivity index (χ0n) is 14.0. The number of nitrogens with one attached hydrogen (secondary N) is 1. The Morgan fingerprint density at radius 2 is 2.16 bits per heavy atom. The van der Waals surface area contributed by atoms with E-state index in [1.807, 2.05) is 4.90 Å². The lowest BCUT2D eigenvalue weighted by Gasteiger charge is -2.39. The molecule has 2 saturated heterocycles. The van der Waals surface area contributed by atoms with Gasteiger partial charge in [-0.3, -0.25) is 14.6 Å². The molecular formula is C18H23N3O4. The summed E-state index contributed by atoms with van der Waals surface area (Å²) in [5, 5.41) is 12.2. The van der Waals surface area contributed by atoms with Crippen molar-refractivity contribution in [1.82, 2.24) is 9.88 Å². The molecule has 1 aromatic heterocycles. The molecule has 3 aliphatic rings. The zero-order chi connectivity index (χ0) is 17.4. The minimum absolute atomic E-state index is 0.0439. The van der Waals surface area contributed by atoms with E-state index in [0.29, 0.717) is 44.0 Å². The van der Waals surface area contributed by atoms with E-state index in [-0.39, 0.29) is 29.9 Å². The van der Waals surface area contributed by atoms with E-state index in [1.54, 1.807) is 24.5 Å². The highest BCUT2D eigenvalue weighted by Gasteiger charge is 2.44. The molecule has 25 heavy (non-hydrogen) atoms. The molecule has 3 atom stereocenters. The fourth-order valence-corrected chi connectivity index (χ4v) is 4.01. The van der Waals surface area contributed by atoms with Gasteiger partial charge in [0, 0.05) is 25.2 Å². The van der Waals surface area contributed by atoms with Gasteiger partial charge in [-0.05, 0) is 43.7 Å². The lowest BCUT2D eigenvalue weighted by Crippen LogP contribution is -2.50. The summed E-state index contributed by atoms with van der Waals surface area (Å²) in [6.07, 6.45) is 5.08. The molecule has 1 saturated carbocycles. The Morgan fingerprint density at radius 1 is 1.32 bits per heavy atom. The van der Waals surface area contributed by atoms with E-state index in [9.17, 15) is 14.7 Å². The maximum atomic E-state index is 12.4. The fraction of sp³-hybridized carbons (Fsp3) is 0.611. The van der Waals surface area contributed by atoms with Crippen LogP contribution < -0.4 is 5.32 Å². The first kappa shape index (κ1) is 16.5. The molecule has 0 unspecified atom stereocenters. The predicted octanol–water partition coefficient (Wildman–Crippen LogP) is 0.797. The second-order valence-electron chi connectivity index (χ2n) is 7.28. The van der Waals surface area contributed by atoms with Crippen LogP contribution in [-0.4, -0.2) is 58.2 Å². The Labute approximate surface area is 146 Å². The Hall–Kier alpha value is -1.99. The van der Waals surface area contributed by atoms with Crippen molar-refractivity contribution >= 4 is 17.5 Å². The third-order valence-corrected chi connectivity index (χ3v) is 5.55. The number of pyridine rings is 1. The largest absolute Gasteiger partial charge is 0.393 e. The molecule has 2 N–H and O–H groups in total. The standard InChI is InChI=1S/C18H23N3O4/c22-14-6-12(7-14)18(24)21-5-3-11-8-15(25-16(11)10-21)17(23)20-13-2-1-4-19-9-13/h1-2,4,9,11-12,14-16,22H,3,5-8,10H2,(H,20,23)/t11-,12?,14?,15+,16-/m0/s1. The number of likely N-dealkylation sites (tertiary alicyclic amines) is 1. The minimum Gasteiger partial charge on any atom is -0.393 e. The van der Waals surface area contributed by atoms with Gasteiger partial charge in [-0.2, -0.15) is 0 Å². The van der Waals surface area contributed by atoms with Gasteiger partial charge >= 0.3 is 0 Å². The van der Waals surface area contributed by atoms with Crippen molar-refractivity contribution in [3.63, 3.8) is 0 Å². The molecule has 0 bridgehead atoms. The van der Waals surface area contributed by atoms with Crippen molar-refractivity contribution in [3.8, 4) is 0 Å². The number of anilines is 1. The highest BCUT2D eigenvalue weighted by Crippen LogP contribution is 2.36. The van der Waals surface area contributed by atoms with Gasteiger partial charge in [-0.25, -0.2) is 0 Å². The lowest BCUT2D eigenvalue weighted by atomic mass is 9.80. The molecule has 7 heteroatoms. The van der Waals surface area contributed by atoms with Gasteiger partial charge in [-0.15, -0.1) is 0 Å². The van der Waals surface area contributed by atoms with E-state index in [0.717, 1.165) is 6.42 Å². The summed E-state index contributed by atoms with van der Waals surface area (Å²) in [6.45, 7) is 1.26. The Kier molecular flexibility index (Phi) is 4.43. The molecule has 2 amide bonds. The Morgan fingerprint density at radius 3 is 2.88 bits per heavy atom. The highest BCUT2D eigenvalue weighted by atomic mass is 16.5. The Bertz CT molecular complexity index is 647. The molecule has 1 aliphatic carbocycles. The number of ether oxygens (including phenoxy) is 1. The second kappa shape index (κ2) is 6.72. The van der Waals surface area contributed by atoms with Gasteiger partial charge in [0.2, 0.25) is 5.91 Å². The molecule has 2 aliphatic heterocycles. The van der Waals surface area contributed by atoms with Crippen LogP contribution in [-0.2, 0) is 14.3 Å².